The summed E-state index contributed by atoms with van der Waals surface area (Å²) in [5.74, 6) is -0.421. The summed E-state index contributed by atoms with van der Waals surface area (Å²) in [5.41, 5.74) is 1.88. The molecule has 1 aliphatic heterocycles. The van der Waals surface area contributed by atoms with E-state index < -0.39 is 11.6 Å². The molecule has 4 nitrogen and oxygen atoms in total. The highest BCUT2D eigenvalue weighted by Gasteiger charge is 2.16. The maximum absolute atomic E-state index is 13.5. The van der Waals surface area contributed by atoms with Gasteiger partial charge in [0.1, 0.15) is 13.2 Å². The van der Waals surface area contributed by atoms with E-state index in [1.807, 2.05) is 12.1 Å². The molecule has 0 bridgehead atoms. The van der Waals surface area contributed by atoms with Crippen molar-refractivity contribution >= 4 is 27.0 Å². The van der Waals surface area contributed by atoms with Crippen LogP contribution in [0.3, 0.4) is 0 Å². The van der Waals surface area contributed by atoms with Gasteiger partial charge in [-0.1, -0.05) is 15.9 Å². The van der Waals surface area contributed by atoms with Gasteiger partial charge < -0.3 is 14.0 Å². The number of aromatic nitrogens is 2. The van der Waals surface area contributed by atoms with E-state index in [9.17, 15) is 8.78 Å². The molecule has 7 heteroatoms. The van der Waals surface area contributed by atoms with E-state index in [-0.39, 0.29) is 0 Å². The third kappa shape index (κ3) is 2.55. The Hall–Kier alpha value is -2.15. The van der Waals surface area contributed by atoms with Gasteiger partial charge in [-0.15, -0.1) is 0 Å². The van der Waals surface area contributed by atoms with Crippen LogP contribution in [0, 0.1) is 11.6 Å². The molecule has 118 valence electrons. The van der Waals surface area contributed by atoms with Crippen LogP contribution in [-0.2, 0) is 6.54 Å². The Kier molecular flexibility index (Phi) is 3.45. The molecule has 0 saturated carbocycles. The first-order valence-electron chi connectivity index (χ1n) is 7.00. The number of hydrogen-bond donors (Lipinski definition) is 0. The van der Waals surface area contributed by atoms with Gasteiger partial charge in [-0.05, 0) is 17.7 Å². The Morgan fingerprint density at radius 2 is 1.74 bits per heavy atom. The van der Waals surface area contributed by atoms with Gasteiger partial charge in [0.05, 0.1) is 23.9 Å². The van der Waals surface area contributed by atoms with Crippen molar-refractivity contribution in [2.75, 3.05) is 13.2 Å². The third-order valence-corrected chi connectivity index (χ3v) is 4.45. The Morgan fingerprint density at radius 1 is 1.04 bits per heavy atom. The third-order valence-electron chi connectivity index (χ3n) is 3.72. The van der Waals surface area contributed by atoms with Gasteiger partial charge in [0.2, 0.25) is 0 Å². The van der Waals surface area contributed by atoms with Crippen LogP contribution in [0.25, 0.3) is 11.0 Å². The smallest absolute Gasteiger partial charge is 0.162 e. The molecule has 0 fully saturated rings. The van der Waals surface area contributed by atoms with Crippen molar-refractivity contribution in [2.45, 2.75) is 6.54 Å². The van der Waals surface area contributed by atoms with Crippen LogP contribution in [-0.4, -0.2) is 22.8 Å². The Bertz CT molecular complexity index is 911. The molecular weight excluding hydrogens is 370 g/mol. The van der Waals surface area contributed by atoms with Crippen molar-refractivity contribution in [1.82, 2.24) is 9.55 Å². The summed E-state index contributed by atoms with van der Waals surface area (Å²) >= 11 is 3.51. The number of ether oxygens (including phenoxy) is 2. The first-order chi connectivity index (χ1) is 11.1. The number of halogens is 3. The monoisotopic (exact) mass is 380 g/mol. The van der Waals surface area contributed by atoms with Crippen LogP contribution >= 0.6 is 15.9 Å². The van der Waals surface area contributed by atoms with Gasteiger partial charge in [0, 0.05) is 16.6 Å². The van der Waals surface area contributed by atoms with Crippen molar-refractivity contribution in [3.8, 4) is 11.5 Å². The van der Waals surface area contributed by atoms with Crippen molar-refractivity contribution in [3.63, 3.8) is 0 Å². The lowest BCUT2D eigenvalue weighted by molar-refractivity contribution is 0.171. The number of hydrogen-bond acceptors (Lipinski definition) is 3. The van der Waals surface area contributed by atoms with Crippen LogP contribution in [0.5, 0.6) is 11.5 Å². The van der Waals surface area contributed by atoms with E-state index in [1.54, 1.807) is 10.9 Å². The van der Waals surface area contributed by atoms with Gasteiger partial charge in [0.25, 0.3) is 0 Å². The average Bonchev–Trinajstić information content (AvgIpc) is 2.90. The summed E-state index contributed by atoms with van der Waals surface area (Å²) in [7, 11) is 0. The molecule has 23 heavy (non-hydrogen) atoms. The highest BCUT2D eigenvalue weighted by atomic mass is 79.9. The number of fused-ring (bicyclic) bond motifs is 2. The summed E-state index contributed by atoms with van der Waals surface area (Å²) < 4.78 is 40.5. The molecule has 0 aliphatic carbocycles. The molecular formula is C16H11BrF2N2O2. The largest absolute Gasteiger partial charge is 0.486 e. The molecule has 0 saturated heterocycles. The number of benzene rings is 2. The Labute approximate surface area is 138 Å². The van der Waals surface area contributed by atoms with E-state index in [0.717, 1.165) is 22.2 Å². The molecule has 2 heterocycles. The minimum absolute atomic E-state index is 0.414. The first kappa shape index (κ1) is 14.4. The maximum atomic E-state index is 13.5. The minimum atomic E-state index is -0.900. The zero-order valence-electron chi connectivity index (χ0n) is 11.9. The quantitative estimate of drug-likeness (QED) is 0.676. The first-order valence-corrected chi connectivity index (χ1v) is 7.79. The number of rotatable bonds is 2. The molecule has 1 aliphatic rings. The topological polar surface area (TPSA) is 36.3 Å². The molecule has 1 aromatic heterocycles. The second-order valence-corrected chi connectivity index (χ2v) is 6.07. The van der Waals surface area contributed by atoms with E-state index in [2.05, 4.69) is 20.9 Å². The summed E-state index contributed by atoms with van der Waals surface area (Å²) in [6.45, 7) is 1.47. The summed E-state index contributed by atoms with van der Waals surface area (Å²) in [5, 5.41) is 0. The van der Waals surface area contributed by atoms with Crippen LogP contribution in [0.1, 0.15) is 5.56 Å². The average molecular weight is 381 g/mol. The zero-order chi connectivity index (χ0) is 16.0. The standard InChI is InChI=1S/C16H11BrF2N2O2/c17-10-4-16-15(22-1-2-23-16)3-9(10)7-21-8-20-13-5-11(18)12(19)6-14(13)21/h3-6,8H,1-2,7H2. The van der Waals surface area contributed by atoms with E-state index in [1.165, 1.54) is 0 Å². The second-order valence-electron chi connectivity index (χ2n) is 5.21. The van der Waals surface area contributed by atoms with Crippen molar-refractivity contribution < 1.29 is 18.3 Å². The van der Waals surface area contributed by atoms with E-state index in [0.29, 0.717) is 42.3 Å². The normalized spacial score (nSPS) is 13.5. The predicted octanol–water partition coefficient (Wildman–Crippen LogP) is 3.90. The molecule has 0 atom stereocenters. The number of imidazole rings is 1. The fourth-order valence-corrected chi connectivity index (χ4v) is 3.04. The van der Waals surface area contributed by atoms with Crippen molar-refractivity contribution in [3.05, 3.63) is 52.3 Å². The van der Waals surface area contributed by atoms with Crippen LogP contribution in [0.4, 0.5) is 8.78 Å². The van der Waals surface area contributed by atoms with Crippen molar-refractivity contribution in [1.29, 1.82) is 0 Å². The van der Waals surface area contributed by atoms with Crippen LogP contribution in [0.15, 0.2) is 35.1 Å². The summed E-state index contributed by atoms with van der Waals surface area (Å²) in [6.07, 6.45) is 1.56. The molecule has 2 aromatic carbocycles. The van der Waals surface area contributed by atoms with E-state index >= 15 is 0 Å². The lowest BCUT2D eigenvalue weighted by Gasteiger charge is -2.20. The fourth-order valence-electron chi connectivity index (χ4n) is 2.59. The molecule has 3 aromatic rings. The molecule has 0 amide bonds. The summed E-state index contributed by atoms with van der Waals surface area (Å²) in [4.78, 5) is 4.12. The lowest BCUT2D eigenvalue weighted by Crippen LogP contribution is -2.15. The molecule has 0 N–H and O–H groups in total. The van der Waals surface area contributed by atoms with Crippen LogP contribution < -0.4 is 9.47 Å². The Morgan fingerprint density at radius 3 is 2.52 bits per heavy atom. The molecule has 4 rings (SSSR count). The molecule has 0 unspecified atom stereocenters. The van der Waals surface area contributed by atoms with Gasteiger partial charge in [-0.25, -0.2) is 13.8 Å². The number of nitrogens with zero attached hydrogens (tertiary/aromatic N) is 2. The van der Waals surface area contributed by atoms with Gasteiger partial charge in [-0.2, -0.15) is 0 Å². The highest BCUT2D eigenvalue weighted by Crippen LogP contribution is 2.36. The maximum Gasteiger partial charge on any atom is 0.162 e. The SMILES string of the molecule is Fc1cc2ncn(Cc3cc4c(cc3Br)OCCO4)c2cc1F. The van der Waals surface area contributed by atoms with Gasteiger partial charge in [-0.3, -0.25) is 0 Å². The van der Waals surface area contributed by atoms with Gasteiger partial charge in [0.15, 0.2) is 23.1 Å². The highest BCUT2D eigenvalue weighted by molar-refractivity contribution is 9.10. The fraction of sp³-hybridized carbons (Fsp3) is 0.188. The molecule has 0 radical (unpaired) electrons. The van der Waals surface area contributed by atoms with Crippen LogP contribution in [0.2, 0.25) is 0 Å². The second kappa shape index (κ2) is 5.49. The van der Waals surface area contributed by atoms with Crippen molar-refractivity contribution in [2.24, 2.45) is 0 Å². The molecule has 0 spiro atoms. The van der Waals surface area contributed by atoms with Gasteiger partial charge >= 0.3 is 0 Å². The summed E-state index contributed by atoms with van der Waals surface area (Å²) in [6, 6.07) is 5.98. The Balaban J connectivity index is 1.75. The zero-order valence-corrected chi connectivity index (χ0v) is 13.4. The minimum Gasteiger partial charge on any atom is -0.486 e. The van der Waals surface area contributed by atoms with E-state index in [4.69, 9.17) is 9.47 Å². The predicted molar refractivity (Wildman–Crippen MR) is 83.9 cm³/mol. The lowest BCUT2D eigenvalue weighted by atomic mass is 10.2.